The smallest absolute Gasteiger partial charge is 0.237 e. The molecule has 1 aromatic heterocycles. The van der Waals surface area contributed by atoms with Crippen molar-refractivity contribution in [3.8, 4) is 11.4 Å². The molecule has 1 aliphatic rings. The Kier molecular flexibility index (Phi) is 5.67. The number of nitrogens with zero attached hydrogens (tertiary/aromatic N) is 3. The number of benzene rings is 2. The zero-order chi connectivity index (χ0) is 20.4. The Morgan fingerprint density at radius 3 is 2.59 bits per heavy atom. The SMILES string of the molecule is CCc1ccc(NC(=O)[C@H](C)Sc2nnc(-c3ccccc3F)n2C2CC2)cc1. The first kappa shape index (κ1) is 19.6. The maximum Gasteiger partial charge on any atom is 0.237 e. The Morgan fingerprint density at radius 2 is 1.93 bits per heavy atom. The van der Waals surface area contributed by atoms with Gasteiger partial charge in [-0.1, -0.05) is 43.0 Å². The summed E-state index contributed by atoms with van der Waals surface area (Å²) in [7, 11) is 0. The van der Waals surface area contributed by atoms with E-state index in [1.165, 1.54) is 23.4 Å². The topological polar surface area (TPSA) is 59.8 Å². The molecule has 150 valence electrons. The van der Waals surface area contributed by atoms with E-state index in [0.29, 0.717) is 16.5 Å². The monoisotopic (exact) mass is 410 g/mol. The second kappa shape index (κ2) is 8.37. The molecule has 1 fully saturated rings. The van der Waals surface area contributed by atoms with Gasteiger partial charge in [0.15, 0.2) is 11.0 Å². The van der Waals surface area contributed by atoms with Crippen LogP contribution in [0.4, 0.5) is 10.1 Å². The molecule has 3 aromatic rings. The van der Waals surface area contributed by atoms with E-state index in [1.54, 1.807) is 18.2 Å². The number of anilines is 1. The Bertz CT molecular complexity index is 1010. The molecule has 0 unspecified atom stereocenters. The number of carbonyl (C=O) groups excluding carboxylic acids is 1. The summed E-state index contributed by atoms with van der Waals surface area (Å²) in [6.45, 7) is 3.94. The fraction of sp³-hybridized carbons (Fsp3) is 0.318. The second-order valence-electron chi connectivity index (χ2n) is 7.19. The molecule has 29 heavy (non-hydrogen) atoms. The van der Waals surface area contributed by atoms with E-state index in [0.717, 1.165) is 24.9 Å². The second-order valence-corrected chi connectivity index (χ2v) is 8.49. The minimum absolute atomic E-state index is 0.1000. The van der Waals surface area contributed by atoms with Crippen LogP contribution in [0, 0.1) is 5.82 Å². The van der Waals surface area contributed by atoms with Crippen LogP contribution in [0.3, 0.4) is 0 Å². The molecule has 1 aliphatic carbocycles. The molecular formula is C22H23FN4OS. The third-order valence-corrected chi connectivity index (χ3v) is 6.03. The molecule has 5 nitrogen and oxygen atoms in total. The normalized spacial score (nSPS) is 14.6. The fourth-order valence-electron chi connectivity index (χ4n) is 3.12. The number of aromatic nitrogens is 3. The van der Waals surface area contributed by atoms with Gasteiger partial charge in [0.1, 0.15) is 5.82 Å². The molecule has 0 aliphatic heterocycles. The van der Waals surface area contributed by atoms with Crippen molar-refractivity contribution in [1.82, 2.24) is 14.8 Å². The van der Waals surface area contributed by atoms with Crippen molar-refractivity contribution in [3.63, 3.8) is 0 Å². The van der Waals surface area contributed by atoms with Crippen LogP contribution in [0.2, 0.25) is 0 Å². The quantitative estimate of drug-likeness (QED) is 0.551. The van der Waals surface area contributed by atoms with Crippen molar-refractivity contribution in [2.24, 2.45) is 0 Å². The molecule has 0 bridgehead atoms. The number of amides is 1. The average molecular weight is 411 g/mol. The highest BCUT2D eigenvalue weighted by atomic mass is 32.2. The number of nitrogens with one attached hydrogen (secondary N) is 1. The van der Waals surface area contributed by atoms with Gasteiger partial charge in [-0.15, -0.1) is 10.2 Å². The number of aryl methyl sites for hydroxylation is 1. The van der Waals surface area contributed by atoms with Gasteiger partial charge < -0.3 is 5.32 Å². The minimum atomic E-state index is -0.365. The number of halogens is 1. The predicted octanol–water partition coefficient (Wildman–Crippen LogP) is 5.10. The third-order valence-electron chi connectivity index (χ3n) is 4.97. The van der Waals surface area contributed by atoms with Gasteiger partial charge in [0.25, 0.3) is 0 Å². The first-order chi connectivity index (χ1) is 14.1. The Balaban J connectivity index is 1.51. The lowest BCUT2D eigenvalue weighted by Gasteiger charge is -2.14. The van der Waals surface area contributed by atoms with Crippen molar-refractivity contribution >= 4 is 23.4 Å². The zero-order valence-corrected chi connectivity index (χ0v) is 17.2. The Hall–Kier alpha value is -2.67. The average Bonchev–Trinajstić information content (AvgIpc) is 3.49. The van der Waals surface area contributed by atoms with Gasteiger partial charge in [0.05, 0.1) is 10.8 Å². The van der Waals surface area contributed by atoms with E-state index in [9.17, 15) is 9.18 Å². The maximum absolute atomic E-state index is 14.3. The van der Waals surface area contributed by atoms with E-state index >= 15 is 0 Å². The summed E-state index contributed by atoms with van der Waals surface area (Å²) in [4.78, 5) is 12.6. The van der Waals surface area contributed by atoms with Crippen molar-refractivity contribution in [2.75, 3.05) is 5.32 Å². The third kappa shape index (κ3) is 4.34. The predicted molar refractivity (Wildman–Crippen MR) is 113 cm³/mol. The number of carbonyl (C=O) groups is 1. The number of thioether (sulfide) groups is 1. The molecule has 1 saturated carbocycles. The summed E-state index contributed by atoms with van der Waals surface area (Å²) in [6, 6.07) is 14.7. The summed E-state index contributed by atoms with van der Waals surface area (Å²) < 4.78 is 16.3. The van der Waals surface area contributed by atoms with E-state index in [4.69, 9.17) is 0 Å². The Labute approximate surface area is 173 Å². The highest BCUT2D eigenvalue weighted by molar-refractivity contribution is 8.00. The van der Waals surface area contributed by atoms with Crippen molar-refractivity contribution in [1.29, 1.82) is 0 Å². The van der Waals surface area contributed by atoms with Crippen LogP contribution < -0.4 is 5.32 Å². The lowest BCUT2D eigenvalue weighted by Crippen LogP contribution is -2.23. The number of hydrogen-bond acceptors (Lipinski definition) is 4. The summed E-state index contributed by atoms with van der Waals surface area (Å²) in [6.07, 6.45) is 2.98. The van der Waals surface area contributed by atoms with Crippen LogP contribution in [0.5, 0.6) is 0 Å². The molecule has 0 spiro atoms. The molecule has 1 amide bonds. The fourth-order valence-corrected chi connectivity index (χ4v) is 4.04. The van der Waals surface area contributed by atoms with Gasteiger partial charge in [-0.2, -0.15) is 0 Å². The molecule has 0 saturated heterocycles. The van der Waals surface area contributed by atoms with E-state index in [-0.39, 0.29) is 23.0 Å². The summed E-state index contributed by atoms with van der Waals surface area (Å²) in [5.74, 6) is 0.104. The van der Waals surface area contributed by atoms with E-state index in [1.807, 2.05) is 35.8 Å². The largest absolute Gasteiger partial charge is 0.325 e. The molecular weight excluding hydrogens is 387 g/mol. The van der Waals surface area contributed by atoms with Crippen LogP contribution >= 0.6 is 11.8 Å². The van der Waals surface area contributed by atoms with E-state index in [2.05, 4.69) is 22.4 Å². The zero-order valence-electron chi connectivity index (χ0n) is 16.4. The maximum atomic E-state index is 14.3. The molecule has 2 aromatic carbocycles. The number of rotatable bonds is 7. The highest BCUT2D eigenvalue weighted by Crippen LogP contribution is 2.42. The van der Waals surface area contributed by atoms with Crippen molar-refractivity contribution < 1.29 is 9.18 Å². The lowest BCUT2D eigenvalue weighted by atomic mass is 10.1. The summed E-state index contributed by atoms with van der Waals surface area (Å²) in [5.41, 5.74) is 2.44. The first-order valence-corrected chi connectivity index (χ1v) is 10.7. The van der Waals surface area contributed by atoms with Gasteiger partial charge in [-0.3, -0.25) is 9.36 Å². The highest BCUT2D eigenvalue weighted by Gasteiger charge is 2.32. The first-order valence-electron chi connectivity index (χ1n) is 9.83. The van der Waals surface area contributed by atoms with Crippen LogP contribution in [0.1, 0.15) is 38.3 Å². The summed E-state index contributed by atoms with van der Waals surface area (Å²) >= 11 is 1.35. The summed E-state index contributed by atoms with van der Waals surface area (Å²) in [5, 5.41) is 11.8. The van der Waals surface area contributed by atoms with Crippen molar-refractivity contribution in [3.05, 3.63) is 59.9 Å². The van der Waals surface area contributed by atoms with Crippen LogP contribution in [-0.4, -0.2) is 25.9 Å². The van der Waals surface area contributed by atoms with Gasteiger partial charge in [0, 0.05) is 11.7 Å². The van der Waals surface area contributed by atoms with E-state index < -0.39 is 0 Å². The minimum Gasteiger partial charge on any atom is -0.325 e. The Morgan fingerprint density at radius 1 is 1.21 bits per heavy atom. The van der Waals surface area contributed by atoms with Crippen LogP contribution in [0.15, 0.2) is 53.7 Å². The van der Waals surface area contributed by atoms with Crippen LogP contribution in [0.25, 0.3) is 11.4 Å². The molecule has 4 rings (SSSR count). The van der Waals surface area contributed by atoms with Gasteiger partial charge >= 0.3 is 0 Å². The molecule has 1 N–H and O–H groups in total. The van der Waals surface area contributed by atoms with Gasteiger partial charge in [0.2, 0.25) is 5.91 Å². The molecule has 0 radical (unpaired) electrons. The lowest BCUT2D eigenvalue weighted by molar-refractivity contribution is -0.115. The van der Waals surface area contributed by atoms with Crippen LogP contribution in [-0.2, 0) is 11.2 Å². The standard InChI is InChI=1S/C22H23FN4OS/c1-3-15-8-10-16(11-9-15)24-21(28)14(2)29-22-26-25-20(27(22)17-12-13-17)18-6-4-5-7-19(18)23/h4-11,14,17H,3,12-13H2,1-2H3,(H,24,28)/t14-/m0/s1. The molecule has 1 heterocycles. The molecule has 1 atom stereocenters. The van der Waals surface area contributed by atoms with Gasteiger partial charge in [-0.25, -0.2) is 4.39 Å². The number of hydrogen-bond donors (Lipinski definition) is 1. The van der Waals surface area contributed by atoms with Crippen molar-refractivity contribution in [2.45, 2.75) is 49.6 Å². The molecule has 7 heteroatoms. The van der Waals surface area contributed by atoms with Gasteiger partial charge in [-0.05, 0) is 56.0 Å².